The van der Waals surface area contributed by atoms with Crippen LogP contribution in [0.15, 0.2) is 53.3 Å². The van der Waals surface area contributed by atoms with Gasteiger partial charge in [-0.2, -0.15) is 4.98 Å². The van der Waals surface area contributed by atoms with Crippen molar-refractivity contribution in [3.8, 4) is 11.3 Å². The molecule has 7 heteroatoms. The van der Waals surface area contributed by atoms with Gasteiger partial charge >= 0.3 is 5.69 Å². The molecule has 0 amide bonds. The summed E-state index contributed by atoms with van der Waals surface area (Å²) in [5.41, 5.74) is 2.39. The maximum absolute atomic E-state index is 12.0. The molecule has 2 heterocycles. The van der Waals surface area contributed by atoms with Gasteiger partial charge in [0.05, 0.1) is 21.5 Å². The summed E-state index contributed by atoms with van der Waals surface area (Å²) < 4.78 is 1.87. The predicted octanol–water partition coefficient (Wildman–Crippen LogP) is 2.99. The molecule has 0 aliphatic rings. The first-order valence-corrected chi connectivity index (χ1v) is 7.28. The topological polar surface area (TPSA) is 93.8 Å². The van der Waals surface area contributed by atoms with Crippen LogP contribution in [0.4, 0.5) is 5.69 Å². The number of H-pyrrole nitrogens is 1. The van der Waals surface area contributed by atoms with E-state index < -0.39 is 10.6 Å². The second-order valence-corrected chi connectivity index (χ2v) is 5.50. The Kier molecular flexibility index (Phi) is 2.96. The van der Waals surface area contributed by atoms with E-state index in [1.165, 1.54) is 12.1 Å². The fraction of sp³-hybridized carbons (Fsp3) is 0.0588. The lowest BCUT2D eigenvalue weighted by atomic mass is 10.1. The molecule has 0 atom stereocenters. The average Bonchev–Trinajstić information content (AvgIpc) is 2.87. The molecule has 0 unspecified atom stereocenters. The van der Waals surface area contributed by atoms with Crippen LogP contribution >= 0.6 is 0 Å². The summed E-state index contributed by atoms with van der Waals surface area (Å²) >= 11 is 0. The molecule has 24 heavy (non-hydrogen) atoms. The van der Waals surface area contributed by atoms with Crippen LogP contribution in [0.5, 0.6) is 0 Å². The molecule has 0 saturated carbocycles. The Labute approximate surface area is 135 Å². The Morgan fingerprint density at radius 3 is 2.54 bits per heavy atom. The first-order chi connectivity index (χ1) is 11.6. The standard InChI is InChI=1S/C17H12N4O3/c1-20-13-5-3-2-4-12(13)14-15(18-17(22)19-16(14)20)10-6-8-11(9-7-10)21(23)24/h2-9H,1H3,(H,18,19,22). The lowest BCUT2D eigenvalue weighted by molar-refractivity contribution is -0.384. The zero-order valence-corrected chi connectivity index (χ0v) is 12.7. The van der Waals surface area contributed by atoms with E-state index in [0.29, 0.717) is 16.9 Å². The van der Waals surface area contributed by atoms with Crippen molar-refractivity contribution in [2.24, 2.45) is 7.05 Å². The maximum atomic E-state index is 12.0. The molecule has 0 radical (unpaired) electrons. The Bertz CT molecular complexity index is 1160. The summed E-state index contributed by atoms with van der Waals surface area (Å²) in [6, 6.07) is 13.9. The molecule has 0 aliphatic carbocycles. The molecule has 0 aliphatic heterocycles. The van der Waals surface area contributed by atoms with E-state index in [1.807, 2.05) is 35.9 Å². The Hall–Kier alpha value is -3.48. The zero-order valence-electron chi connectivity index (χ0n) is 12.7. The third-order valence-electron chi connectivity index (χ3n) is 4.13. The molecular formula is C17H12N4O3. The number of rotatable bonds is 2. The van der Waals surface area contributed by atoms with Gasteiger partial charge in [0.1, 0.15) is 5.65 Å². The lowest BCUT2D eigenvalue weighted by Gasteiger charge is -2.04. The third kappa shape index (κ3) is 1.98. The molecule has 4 aromatic rings. The number of aromatic amines is 1. The van der Waals surface area contributed by atoms with E-state index >= 15 is 0 Å². The van der Waals surface area contributed by atoms with Crippen molar-refractivity contribution in [2.45, 2.75) is 0 Å². The lowest BCUT2D eigenvalue weighted by Crippen LogP contribution is -2.12. The number of nitrogens with zero attached hydrogens (tertiary/aromatic N) is 3. The minimum Gasteiger partial charge on any atom is -0.328 e. The minimum atomic E-state index is -0.457. The molecule has 0 fully saturated rings. The fourth-order valence-electron chi connectivity index (χ4n) is 3.02. The van der Waals surface area contributed by atoms with Crippen molar-refractivity contribution in [2.75, 3.05) is 0 Å². The molecular weight excluding hydrogens is 308 g/mol. The summed E-state index contributed by atoms with van der Waals surface area (Å²) in [7, 11) is 1.86. The van der Waals surface area contributed by atoms with Crippen LogP contribution in [-0.2, 0) is 7.05 Å². The van der Waals surface area contributed by atoms with Crippen molar-refractivity contribution in [1.82, 2.24) is 14.5 Å². The van der Waals surface area contributed by atoms with Crippen LogP contribution < -0.4 is 5.69 Å². The first kappa shape index (κ1) is 14.1. The number of hydrogen-bond donors (Lipinski definition) is 1. The molecule has 118 valence electrons. The van der Waals surface area contributed by atoms with E-state index in [0.717, 1.165) is 16.3 Å². The highest BCUT2D eigenvalue weighted by Crippen LogP contribution is 2.33. The summed E-state index contributed by atoms with van der Waals surface area (Å²) in [5, 5.41) is 12.6. The molecule has 0 spiro atoms. The SMILES string of the molecule is Cn1c2ccccc2c2c(-c3ccc([N+](=O)[O-])cc3)[nH]c(=O)nc21. The highest BCUT2D eigenvalue weighted by atomic mass is 16.6. The van der Waals surface area contributed by atoms with Crippen LogP contribution in [0.3, 0.4) is 0 Å². The highest BCUT2D eigenvalue weighted by molar-refractivity contribution is 6.12. The van der Waals surface area contributed by atoms with Gasteiger partial charge in [-0.15, -0.1) is 0 Å². The number of non-ortho nitro benzene ring substituents is 1. The van der Waals surface area contributed by atoms with Gasteiger partial charge in [-0.3, -0.25) is 10.1 Å². The van der Waals surface area contributed by atoms with Crippen molar-refractivity contribution >= 4 is 27.6 Å². The van der Waals surface area contributed by atoms with Gasteiger partial charge < -0.3 is 9.55 Å². The second kappa shape index (κ2) is 5.02. The van der Waals surface area contributed by atoms with Crippen molar-refractivity contribution < 1.29 is 4.92 Å². The van der Waals surface area contributed by atoms with E-state index in [4.69, 9.17) is 0 Å². The average molecular weight is 320 g/mol. The third-order valence-corrected chi connectivity index (χ3v) is 4.13. The number of nitro benzene ring substituents is 1. The molecule has 0 bridgehead atoms. The van der Waals surface area contributed by atoms with E-state index in [9.17, 15) is 14.9 Å². The van der Waals surface area contributed by atoms with E-state index in [2.05, 4.69) is 9.97 Å². The minimum absolute atomic E-state index is 0.00400. The van der Waals surface area contributed by atoms with Crippen LogP contribution in [0.2, 0.25) is 0 Å². The number of hydrogen-bond acceptors (Lipinski definition) is 4. The number of fused-ring (bicyclic) bond motifs is 3. The van der Waals surface area contributed by atoms with Gasteiger partial charge in [-0.25, -0.2) is 4.79 Å². The zero-order chi connectivity index (χ0) is 16.8. The predicted molar refractivity (Wildman–Crippen MR) is 90.9 cm³/mol. The molecule has 1 N–H and O–H groups in total. The monoisotopic (exact) mass is 320 g/mol. The van der Waals surface area contributed by atoms with Gasteiger partial charge in [0, 0.05) is 24.6 Å². The summed E-state index contributed by atoms with van der Waals surface area (Å²) in [6.45, 7) is 0. The first-order valence-electron chi connectivity index (χ1n) is 7.28. The van der Waals surface area contributed by atoms with Gasteiger partial charge in [0.2, 0.25) is 0 Å². The van der Waals surface area contributed by atoms with Crippen molar-refractivity contribution in [3.63, 3.8) is 0 Å². The van der Waals surface area contributed by atoms with Crippen LogP contribution in [0.25, 0.3) is 33.2 Å². The van der Waals surface area contributed by atoms with Crippen molar-refractivity contribution in [1.29, 1.82) is 0 Å². The molecule has 0 saturated heterocycles. The van der Waals surface area contributed by atoms with Gasteiger partial charge in [0.25, 0.3) is 5.69 Å². The Morgan fingerprint density at radius 2 is 1.83 bits per heavy atom. The Morgan fingerprint density at radius 1 is 1.12 bits per heavy atom. The van der Waals surface area contributed by atoms with Gasteiger partial charge in [0.15, 0.2) is 0 Å². The second-order valence-electron chi connectivity index (χ2n) is 5.50. The smallest absolute Gasteiger partial charge is 0.328 e. The van der Waals surface area contributed by atoms with Crippen LogP contribution in [0.1, 0.15) is 0 Å². The fourth-order valence-corrected chi connectivity index (χ4v) is 3.02. The molecule has 2 aromatic heterocycles. The van der Waals surface area contributed by atoms with E-state index in [1.54, 1.807) is 12.1 Å². The largest absolute Gasteiger partial charge is 0.347 e. The van der Waals surface area contributed by atoms with Crippen LogP contribution in [0, 0.1) is 10.1 Å². The molecule has 2 aromatic carbocycles. The number of para-hydroxylation sites is 1. The normalized spacial score (nSPS) is 11.2. The number of nitro groups is 1. The molecule has 7 nitrogen and oxygen atoms in total. The van der Waals surface area contributed by atoms with Gasteiger partial charge in [-0.05, 0) is 23.8 Å². The number of benzene rings is 2. The Balaban J connectivity index is 2.10. The molecule has 4 rings (SSSR count). The van der Waals surface area contributed by atoms with E-state index in [-0.39, 0.29) is 5.69 Å². The van der Waals surface area contributed by atoms with Crippen molar-refractivity contribution in [3.05, 3.63) is 69.1 Å². The quantitative estimate of drug-likeness (QED) is 0.454. The van der Waals surface area contributed by atoms with Gasteiger partial charge in [-0.1, -0.05) is 18.2 Å². The summed E-state index contributed by atoms with van der Waals surface area (Å²) in [6.07, 6.45) is 0. The number of aryl methyl sites for hydroxylation is 1. The van der Waals surface area contributed by atoms with Crippen LogP contribution in [-0.4, -0.2) is 19.5 Å². The maximum Gasteiger partial charge on any atom is 0.347 e. The summed E-state index contributed by atoms with van der Waals surface area (Å²) in [5.74, 6) is 0. The number of nitrogens with one attached hydrogen (secondary N) is 1. The highest BCUT2D eigenvalue weighted by Gasteiger charge is 2.16. The summed E-state index contributed by atoms with van der Waals surface area (Å²) in [4.78, 5) is 29.2. The number of aromatic nitrogens is 3.